The van der Waals surface area contributed by atoms with Gasteiger partial charge in [0, 0.05) is 23.7 Å². The van der Waals surface area contributed by atoms with Crippen LogP contribution >= 0.6 is 0 Å². The molecule has 0 fully saturated rings. The molecule has 2 aromatic carbocycles. The first-order valence-corrected chi connectivity index (χ1v) is 9.72. The van der Waals surface area contributed by atoms with Crippen molar-refractivity contribution >= 4 is 21.6 Å². The van der Waals surface area contributed by atoms with Crippen LogP contribution in [0, 0.1) is 12.3 Å². The number of ether oxygens (including phenoxy) is 2. The summed E-state index contributed by atoms with van der Waals surface area (Å²) in [6.07, 6.45) is 5.85. The largest absolute Gasteiger partial charge is 0.490 e. The Kier molecular flexibility index (Phi) is 5.64. The zero-order chi connectivity index (χ0) is 19.3. The second-order valence-electron chi connectivity index (χ2n) is 5.72. The molecule has 1 heterocycles. The Morgan fingerprint density at radius 2 is 1.78 bits per heavy atom. The molecule has 7 nitrogen and oxygen atoms in total. The van der Waals surface area contributed by atoms with Gasteiger partial charge < -0.3 is 14.8 Å². The molecule has 27 heavy (non-hydrogen) atoms. The highest BCUT2D eigenvalue weighted by Crippen LogP contribution is 2.32. The molecule has 0 aromatic heterocycles. The predicted molar refractivity (Wildman–Crippen MR) is 100 cm³/mol. The van der Waals surface area contributed by atoms with Gasteiger partial charge in [-0.05, 0) is 36.4 Å². The van der Waals surface area contributed by atoms with Gasteiger partial charge in [-0.3, -0.25) is 4.79 Å². The summed E-state index contributed by atoms with van der Waals surface area (Å²) >= 11 is 0. The van der Waals surface area contributed by atoms with E-state index in [1.54, 1.807) is 18.2 Å². The number of hydrogen-bond acceptors (Lipinski definition) is 5. The first-order valence-electron chi connectivity index (χ1n) is 8.24. The molecule has 0 spiro atoms. The molecule has 0 bridgehead atoms. The van der Waals surface area contributed by atoms with Crippen molar-refractivity contribution in [2.45, 2.75) is 11.3 Å². The van der Waals surface area contributed by atoms with E-state index in [-0.39, 0.29) is 17.3 Å². The molecule has 1 aliphatic heterocycles. The predicted octanol–water partition coefficient (Wildman–Crippen LogP) is 2.01. The zero-order valence-electron chi connectivity index (χ0n) is 14.4. The molecule has 3 rings (SSSR count). The van der Waals surface area contributed by atoms with E-state index in [9.17, 15) is 13.2 Å². The van der Waals surface area contributed by atoms with Crippen LogP contribution in [0.3, 0.4) is 0 Å². The molecule has 0 saturated heterocycles. The van der Waals surface area contributed by atoms with Crippen LogP contribution in [0.25, 0.3) is 0 Å². The third kappa shape index (κ3) is 4.58. The van der Waals surface area contributed by atoms with Crippen molar-refractivity contribution in [2.75, 3.05) is 25.1 Å². The number of rotatable bonds is 5. The quantitative estimate of drug-likeness (QED) is 0.767. The lowest BCUT2D eigenvalue weighted by atomic mass is 10.2. The number of fused-ring (bicyclic) bond motifs is 1. The van der Waals surface area contributed by atoms with E-state index < -0.39 is 10.0 Å². The lowest BCUT2D eigenvalue weighted by Gasteiger charge is -2.11. The Morgan fingerprint density at radius 1 is 1.07 bits per heavy atom. The lowest BCUT2D eigenvalue weighted by Crippen LogP contribution is -2.24. The van der Waals surface area contributed by atoms with Gasteiger partial charge in [-0.25, -0.2) is 8.42 Å². The third-order valence-electron chi connectivity index (χ3n) is 3.80. The number of carbonyl (C=O) groups is 1. The molecule has 1 aliphatic rings. The fourth-order valence-electron chi connectivity index (χ4n) is 2.45. The standard InChI is InChI=1S/C19H18N2O5S/c1-2-10-20-27(23,24)16-7-4-14(5-8-16)19(22)21-15-6-9-17-18(13-15)26-12-3-11-25-17/h1,4-9,13,20H,3,10-12H2,(H,21,22). The summed E-state index contributed by atoms with van der Waals surface area (Å²) in [5.41, 5.74) is 0.870. The Hall–Kier alpha value is -3.02. The minimum Gasteiger partial charge on any atom is -0.490 e. The highest BCUT2D eigenvalue weighted by atomic mass is 32.2. The van der Waals surface area contributed by atoms with E-state index in [1.165, 1.54) is 24.3 Å². The van der Waals surface area contributed by atoms with Crippen molar-refractivity contribution in [3.8, 4) is 23.8 Å². The fraction of sp³-hybridized carbons (Fsp3) is 0.211. The molecule has 1 amide bonds. The zero-order valence-corrected chi connectivity index (χ0v) is 15.2. The summed E-state index contributed by atoms with van der Waals surface area (Å²) in [5, 5.41) is 2.76. The van der Waals surface area contributed by atoms with Crippen LogP contribution in [0.4, 0.5) is 5.69 Å². The topological polar surface area (TPSA) is 93.7 Å². The number of hydrogen-bond donors (Lipinski definition) is 2. The number of anilines is 1. The van der Waals surface area contributed by atoms with Crippen molar-refractivity contribution in [1.82, 2.24) is 4.72 Å². The number of amides is 1. The minimum atomic E-state index is -3.69. The summed E-state index contributed by atoms with van der Waals surface area (Å²) in [6.45, 7) is 1.03. The molecule has 0 atom stereocenters. The molecule has 2 aromatic rings. The summed E-state index contributed by atoms with van der Waals surface area (Å²) in [6, 6.07) is 10.7. The monoisotopic (exact) mass is 386 g/mol. The number of carbonyl (C=O) groups excluding carboxylic acids is 1. The van der Waals surface area contributed by atoms with Gasteiger partial charge in [0.2, 0.25) is 10.0 Å². The minimum absolute atomic E-state index is 0.0323. The van der Waals surface area contributed by atoms with Crippen molar-refractivity contribution in [2.24, 2.45) is 0 Å². The van der Waals surface area contributed by atoms with E-state index >= 15 is 0 Å². The van der Waals surface area contributed by atoms with E-state index in [1.807, 2.05) is 0 Å². The second-order valence-corrected chi connectivity index (χ2v) is 7.49. The first kappa shape index (κ1) is 18.8. The molecule has 0 aliphatic carbocycles. The number of terminal acetylenes is 1. The molecule has 0 unspecified atom stereocenters. The summed E-state index contributed by atoms with van der Waals surface area (Å²) < 4.78 is 37.4. The van der Waals surface area contributed by atoms with Gasteiger partial charge in [0.05, 0.1) is 24.7 Å². The van der Waals surface area contributed by atoms with Gasteiger partial charge in [-0.15, -0.1) is 6.42 Å². The Labute approximate surface area is 157 Å². The highest BCUT2D eigenvalue weighted by Gasteiger charge is 2.15. The number of benzene rings is 2. The first-order chi connectivity index (χ1) is 13.0. The van der Waals surface area contributed by atoms with Gasteiger partial charge in [-0.1, -0.05) is 5.92 Å². The highest BCUT2D eigenvalue weighted by molar-refractivity contribution is 7.89. The van der Waals surface area contributed by atoms with Gasteiger partial charge in [0.15, 0.2) is 11.5 Å². The van der Waals surface area contributed by atoms with Crippen molar-refractivity contribution in [1.29, 1.82) is 0 Å². The molecule has 0 radical (unpaired) electrons. The summed E-state index contributed by atoms with van der Waals surface area (Å²) in [7, 11) is -3.69. The number of nitrogens with one attached hydrogen (secondary N) is 2. The molecule has 8 heteroatoms. The summed E-state index contributed by atoms with van der Waals surface area (Å²) in [4.78, 5) is 12.4. The second kappa shape index (κ2) is 8.12. The summed E-state index contributed by atoms with van der Waals surface area (Å²) in [5.74, 6) is 3.05. The molecule has 0 saturated carbocycles. The van der Waals surface area contributed by atoms with Crippen LogP contribution in [0.5, 0.6) is 11.5 Å². The van der Waals surface area contributed by atoms with Gasteiger partial charge >= 0.3 is 0 Å². The fourth-order valence-corrected chi connectivity index (χ4v) is 3.38. The van der Waals surface area contributed by atoms with Gasteiger partial charge in [0.1, 0.15) is 0 Å². The normalized spacial score (nSPS) is 13.3. The van der Waals surface area contributed by atoms with Crippen LogP contribution < -0.4 is 19.5 Å². The SMILES string of the molecule is C#CCNS(=O)(=O)c1ccc(C(=O)Nc2ccc3c(c2)OCCCO3)cc1. The molecule has 2 N–H and O–H groups in total. The molecule has 140 valence electrons. The van der Waals surface area contributed by atoms with Crippen molar-refractivity contribution in [3.63, 3.8) is 0 Å². The number of sulfonamides is 1. The maximum absolute atomic E-state index is 12.4. The van der Waals surface area contributed by atoms with E-state index in [0.717, 1.165) is 6.42 Å². The Morgan fingerprint density at radius 3 is 2.48 bits per heavy atom. The van der Waals surface area contributed by atoms with Crippen LogP contribution in [0.1, 0.15) is 16.8 Å². The van der Waals surface area contributed by atoms with E-state index in [0.29, 0.717) is 36.0 Å². The Bertz CT molecular complexity index is 978. The van der Waals surface area contributed by atoms with Crippen LogP contribution in [0.2, 0.25) is 0 Å². The van der Waals surface area contributed by atoms with E-state index in [4.69, 9.17) is 15.9 Å². The van der Waals surface area contributed by atoms with Gasteiger partial charge in [-0.2, -0.15) is 4.72 Å². The Balaban J connectivity index is 1.71. The maximum atomic E-state index is 12.4. The van der Waals surface area contributed by atoms with Crippen LogP contribution in [-0.2, 0) is 10.0 Å². The average Bonchev–Trinajstić information content (AvgIpc) is 2.91. The van der Waals surface area contributed by atoms with Crippen LogP contribution in [0.15, 0.2) is 47.4 Å². The van der Waals surface area contributed by atoms with Gasteiger partial charge in [0.25, 0.3) is 5.91 Å². The average molecular weight is 386 g/mol. The lowest BCUT2D eigenvalue weighted by molar-refractivity contribution is 0.102. The third-order valence-corrected chi connectivity index (χ3v) is 5.21. The van der Waals surface area contributed by atoms with Crippen LogP contribution in [-0.4, -0.2) is 34.1 Å². The van der Waals surface area contributed by atoms with E-state index in [2.05, 4.69) is 16.0 Å². The smallest absolute Gasteiger partial charge is 0.255 e. The maximum Gasteiger partial charge on any atom is 0.255 e. The van der Waals surface area contributed by atoms with Crippen molar-refractivity contribution < 1.29 is 22.7 Å². The molecular formula is C19H18N2O5S. The molecular weight excluding hydrogens is 368 g/mol. The van der Waals surface area contributed by atoms with Crippen molar-refractivity contribution in [3.05, 3.63) is 48.0 Å².